The zero-order valence-corrected chi connectivity index (χ0v) is 13.2. The minimum Gasteiger partial charge on any atom is -0.342 e. The lowest BCUT2D eigenvalue weighted by molar-refractivity contribution is -0.133. The van der Waals surface area contributed by atoms with Crippen LogP contribution in [0.3, 0.4) is 0 Å². The third-order valence-corrected chi connectivity index (χ3v) is 4.20. The molecule has 1 saturated heterocycles. The second kappa shape index (κ2) is 8.57. The summed E-state index contributed by atoms with van der Waals surface area (Å²) in [5, 5.41) is 3.64. The maximum absolute atomic E-state index is 12.2. The van der Waals surface area contributed by atoms with Crippen molar-refractivity contribution in [1.29, 1.82) is 0 Å². The van der Waals surface area contributed by atoms with E-state index in [1.807, 2.05) is 0 Å². The molecule has 2 unspecified atom stereocenters. The van der Waals surface area contributed by atoms with Gasteiger partial charge in [0.15, 0.2) is 0 Å². The Bertz CT molecular complexity index is 265. The van der Waals surface area contributed by atoms with Crippen LogP contribution in [0.1, 0.15) is 59.8 Å². The first-order chi connectivity index (χ1) is 9.08. The molecule has 19 heavy (non-hydrogen) atoms. The summed E-state index contributed by atoms with van der Waals surface area (Å²) < 4.78 is 0. The molecular weight excluding hydrogens is 236 g/mol. The second-order valence-electron chi connectivity index (χ2n) is 6.29. The van der Waals surface area contributed by atoms with Crippen molar-refractivity contribution >= 4 is 5.91 Å². The molecule has 0 aliphatic carbocycles. The summed E-state index contributed by atoms with van der Waals surface area (Å²) in [6.45, 7) is 11.8. The van der Waals surface area contributed by atoms with E-state index in [0.29, 0.717) is 23.8 Å². The van der Waals surface area contributed by atoms with Crippen molar-refractivity contribution in [1.82, 2.24) is 10.2 Å². The minimum atomic E-state index is 0.362. The first-order valence-electron chi connectivity index (χ1n) is 8.09. The quantitative estimate of drug-likeness (QED) is 0.769. The average Bonchev–Trinajstić information content (AvgIpc) is 2.42. The first kappa shape index (κ1) is 16.5. The number of rotatable bonds is 7. The summed E-state index contributed by atoms with van der Waals surface area (Å²) in [5.41, 5.74) is 0. The molecule has 0 saturated carbocycles. The Labute approximate surface area is 119 Å². The van der Waals surface area contributed by atoms with E-state index >= 15 is 0 Å². The molecule has 1 amide bonds. The normalized spacial score (nSPS) is 23.9. The molecule has 0 radical (unpaired) electrons. The fourth-order valence-corrected chi connectivity index (χ4v) is 2.84. The van der Waals surface area contributed by atoms with Crippen LogP contribution in [0.2, 0.25) is 0 Å². The van der Waals surface area contributed by atoms with E-state index in [4.69, 9.17) is 0 Å². The van der Waals surface area contributed by atoms with Gasteiger partial charge in [0.25, 0.3) is 0 Å². The van der Waals surface area contributed by atoms with Gasteiger partial charge in [0.1, 0.15) is 0 Å². The maximum Gasteiger partial charge on any atom is 0.222 e. The summed E-state index contributed by atoms with van der Waals surface area (Å²) >= 11 is 0. The smallest absolute Gasteiger partial charge is 0.222 e. The molecule has 0 aromatic rings. The SMILES string of the molecule is CCCNC1CCN(C(=O)CCC(C)C)CC1CC. The van der Waals surface area contributed by atoms with E-state index in [-0.39, 0.29) is 0 Å². The Balaban J connectivity index is 2.42. The van der Waals surface area contributed by atoms with Crippen LogP contribution < -0.4 is 5.32 Å². The number of nitrogens with zero attached hydrogens (tertiary/aromatic N) is 1. The molecule has 2 atom stereocenters. The molecule has 0 spiro atoms. The van der Waals surface area contributed by atoms with Crippen LogP contribution in [0.25, 0.3) is 0 Å². The molecule has 1 heterocycles. The summed E-state index contributed by atoms with van der Waals surface area (Å²) in [7, 11) is 0. The van der Waals surface area contributed by atoms with Crippen molar-refractivity contribution in [3.63, 3.8) is 0 Å². The standard InChI is InChI=1S/C16H32N2O/c1-5-10-17-15-9-11-18(12-14(15)6-2)16(19)8-7-13(3)4/h13-15,17H,5-12H2,1-4H3. The summed E-state index contributed by atoms with van der Waals surface area (Å²) in [4.78, 5) is 14.3. The van der Waals surface area contributed by atoms with Crippen LogP contribution in [0, 0.1) is 11.8 Å². The van der Waals surface area contributed by atoms with E-state index in [9.17, 15) is 4.79 Å². The van der Waals surface area contributed by atoms with Crippen molar-refractivity contribution in [2.24, 2.45) is 11.8 Å². The van der Waals surface area contributed by atoms with Gasteiger partial charge in [-0.3, -0.25) is 4.79 Å². The third kappa shape index (κ3) is 5.52. The van der Waals surface area contributed by atoms with Gasteiger partial charge in [-0.15, -0.1) is 0 Å². The number of likely N-dealkylation sites (tertiary alicyclic amines) is 1. The number of hydrogen-bond donors (Lipinski definition) is 1. The second-order valence-corrected chi connectivity index (χ2v) is 6.29. The molecule has 112 valence electrons. The molecule has 0 aromatic heterocycles. The molecule has 3 nitrogen and oxygen atoms in total. The van der Waals surface area contributed by atoms with Gasteiger partial charge >= 0.3 is 0 Å². The predicted octanol–water partition coefficient (Wildman–Crippen LogP) is 3.05. The Morgan fingerprint density at radius 2 is 2.11 bits per heavy atom. The highest BCUT2D eigenvalue weighted by molar-refractivity contribution is 5.76. The van der Waals surface area contributed by atoms with Gasteiger partial charge in [-0.25, -0.2) is 0 Å². The van der Waals surface area contributed by atoms with E-state index in [1.54, 1.807) is 0 Å². The Morgan fingerprint density at radius 3 is 2.68 bits per heavy atom. The van der Waals surface area contributed by atoms with Crippen LogP contribution in [-0.4, -0.2) is 36.5 Å². The largest absolute Gasteiger partial charge is 0.342 e. The zero-order valence-electron chi connectivity index (χ0n) is 13.2. The maximum atomic E-state index is 12.2. The molecule has 1 aliphatic heterocycles. The predicted molar refractivity (Wildman–Crippen MR) is 81.1 cm³/mol. The Hall–Kier alpha value is -0.570. The zero-order chi connectivity index (χ0) is 14.3. The number of nitrogens with one attached hydrogen (secondary N) is 1. The molecule has 0 bridgehead atoms. The van der Waals surface area contributed by atoms with E-state index in [2.05, 4.69) is 37.9 Å². The lowest BCUT2D eigenvalue weighted by Crippen LogP contribution is -2.51. The van der Waals surface area contributed by atoms with Crippen molar-refractivity contribution in [2.75, 3.05) is 19.6 Å². The van der Waals surface area contributed by atoms with Crippen LogP contribution in [0.5, 0.6) is 0 Å². The van der Waals surface area contributed by atoms with Crippen molar-refractivity contribution in [3.05, 3.63) is 0 Å². The van der Waals surface area contributed by atoms with Crippen molar-refractivity contribution < 1.29 is 4.79 Å². The van der Waals surface area contributed by atoms with Gasteiger partial charge in [0, 0.05) is 25.6 Å². The lowest BCUT2D eigenvalue weighted by Gasteiger charge is -2.39. The summed E-state index contributed by atoms with van der Waals surface area (Å²) in [6, 6.07) is 0.610. The van der Waals surface area contributed by atoms with Crippen LogP contribution in [-0.2, 0) is 4.79 Å². The Kier molecular flexibility index (Phi) is 7.44. The van der Waals surface area contributed by atoms with Gasteiger partial charge in [-0.1, -0.05) is 34.1 Å². The minimum absolute atomic E-state index is 0.362. The third-order valence-electron chi connectivity index (χ3n) is 4.20. The first-order valence-corrected chi connectivity index (χ1v) is 8.09. The van der Waals surface area contributed by atoms with Crippen LogP contribution >= 0.6 is 0 Å². The Morgan fingerprint density at radius 1 is 1.37 bits per heavy atom. The van der Waals surface area contributed by atoms with Gasteiger partial charge < -0.3 is 10.2 Å². The molecule has 1 rings (SSSR count). The van der Waals surface area contributed by atoms with E-state index in [0.717, 1.165) is 45.3 Å². The van der Waals surface area contributed by atoms with Crippen LogP contribution in [0.15, 0.2) is 0 Å². The van der Waals surface area contributed by atoms with E-state index < -0.39 is 0 Å². The number of amides is 1. The summed E-state index contributed by atoms with van der Waals surface area (Å²) in [5.74, 6) is 1.61. The number of carbonyl (C=O) groups excluding carboxylic acids is 1. The van der Waals surface area contributed by atoms with Crippen molar-refractivity contribution in [3.8, 4) is 0 Å². The monoisotopic (exact) mass is 268 g/mol. The van der Waals surface area contributed by atoms with Gasteiger partial charge in [0.2, 0.25) is 5.91 Å². The van der Waals surface area contributed by atoms with Gasteiger partial charge in [0.05, 0.1) is 0 Å². The van der Waals surface area contributed by atoms with Crippen molar-refractivity contribution in [2.45, 2.75) is 65.8 Å². The molecule has 1 aliphatic rings. The molecule has 1 N–H and O–H groups in total. The summed E-state index contributed by atoms with van der Waals surface area (Å²) in [6.07, 6.45) is 5.20. The highest BCUT2D eigenvalue weighted by atomic mass is 16.2. The van der Waals surface area contributed by atoms with Crippen LogP contribution in [0.4, 0.5) is 0 Å². The number of piperidine rings is 1. The van der Waals surface area contributed by atoms with Gasteiger partial charge in [-0.05, 0) is 37.6 Å². The molecule has 0 aromatic carbocycles. The topological polar surface area (TPSA) is 32.3 Å². The lowest BCUT2D eigenvalue weighted by atomic mass is 9.89. The van der Waals surface area contributed by atoms with Gasteiger partial charge in [-0.2, -0.15) is 0 Å². The number of hydrogen-bond acceptors (Lipinski definition) is 2. The fraction of sp³-hybridized carbons (Fsp3) is 0.938. The highest BCUT2D eigenvalue weighted by Gasteiger charge is 2.29. The molecular formula is C16H32N2O. The highest BCUT2D eigenvalue weighted by Crippen LogP contribution is 2.21. The van der Waals surface area contributed by atoms with E-state index in [1.165, 1.54) is 6.42 Å². The molecule has 1 fully saturated rings. The molecule has 3 heteroatoms. The average molecular weight is 268 g/mol. The fourth-order valence-electron chi connectivity index (χ4n) is 2.84. The number of carbonyl (C=O) groups is 1.